The molecule has 0 heterocycles. The third kappa shape index (κ3) is 1.64. The fourth-order valence-corrected chi connectivity index (χ4v) is 1.31. The second-order valence-corrected chi connectivity index (χ2v) is 2.93. The van der Waals surface area contributed by atoms with Crippen LogP contribution in [0.5, 0.6) is 0 Å². The molecule has 0 radical (unpaired) electrons. The van der Waals surface area contributed by atoms with E-state index >= 15 is 0 Å². The van der Waals surface area contributed by atoms with Gasteiger partial charge in [-0.2, -0.15) is 0 Å². The van der Waals surface area contributed by atoms with E-state index < -0.39 is 0 Å². The Balaban J connectivity index is 2.64. The van der Waals surface area contributed by atoms with Crippen molar-refractivity contribution in [3.05, 3.63) is 34.4 Å². The van der Waals surface area contributed by atoms with Crippen molar-refractivity contribution in [2.45, 2.75) is 12.8 Å². The molecule has 1 heteroatoms. The van der Waals surface area contributed by atoms with Gasteiger partial charge in [-0.05, 0) is 0 Å². The van der Waals surface area contributed by atoms with Gasteiger partial charge in [-0.3, -0.25) is 0 Å². The summed E-state index contributed by atoms with van der Waals surface area (Å²) in [5, 5.41) is 0. The molecule has 0 fully saturated rings. The van der Waals surface area contributed by atoms with E-state index in [9.17, 15) is 0 Å². The van der Waals surface area contributed by atoms with Gasteiger partial charge in [0.2, 0.25) is 0 Å². The van der Waals surface area contributed by atoms with Crippen LogP contribution >= 0.6 is 0 Å². The van der Waals surface area contributed by atoms with Crippen molar-refractivity contribution >= 4 is 0 Å². The monoisotopic (exact) mass is 211 g/mol. The molecule has 51 valence electrons. The summed E-state index contributed by atoms with van der Waals surface area (Å²) in [5.41, 5.74) is 1.38. The summed E-state index contributed by atoms with van der Waals surface area (Å²) in [6.07, 6.45) is 8.32. The molecule has 0 atom stereocenters. The Labute approximate surface area is 66.7 Å². The van der Waals surface area contributed by atoms with Gasteiger partial charge in [0.1, 0.15) is 0 Å². The fraction of sp³-hybridized carbons (Fsp3) is 0.250. The molecule has 0 bridgehead atoms. The molecule has 0 aromatic heterocycles. The quantitative estimate of drug-likeness (QED) is 0.486. The summed E-state index contributed by atoms with van der Waals surface area (Å²) in [6, 6.07) is 0. The first-order valence-electron chi connectivity index (χ1n) is 2.96. The van der Waals surface area contributed by atoms with Gasteiger partial charge in [0, 0.05) is 0 Å². The summed E-state index contributed by atoms with van der Waals surface area (Å²) in [6.45, 7) is 3.67. The Hall–Kier alpha value is -0.118. The molecule has 1 aliphatic carbocycles. The van der Waals surface area contributed by atoms with E-state index in [1.165, 1.54) is 9.62 Å². The van der Waals surface area contributed by atoms with Gasteiger partial charge < -0.3 is 0 Å². The molecular formula is C8H9Pd. The topological polar surface area (TPSA) is 0 Å². The third-order valence-electron chi connectivity index (χ3n) is 1.30. The maximum absolute atomic E-state index is 3.67. The van der Waals surface area contributed by atoms with Crippen LogP contribution in [0.15, 0.2) is 34.4 Å². The van der Waals surface area contributed by atoms with E-state index in [4.69, 9.17) is 0 Å². The van der Waals surface area contributed by atoms with Crippen LogP contribution in [-0.4, -0.2) is 0 Å². The van der Waals surface area contributed by atoms with Gasteiger partial charge in [-0.1, -0.05) is 0 Å². The van der Waals surface area contributed by atoms with Crippen molar-refractivity contribution in [1.82, 2.24) is 0 Å². The van der Waals surface area contributed by atoms with Crippen LogP contribution < -0.4 is 0 Å². The number of rotatable bonds is 2. The van der Waals surface area contributed by atoms with Crippen LogP contribution in [0.1, 0.15) is 12.8 Å². The minimum absolute atomic E-state index is 0.993. The molecule has 0 aromatic carbocycles. The number of allylic oxidation sites excluding steroid dienone is 5. The van der Waals surface area contributed by atoms with Crippen LogP contribution in [0.25, 0.3) is 0 Å². The molecule has 1 rings (SSSR count). The van der Waals surface area contributed by atoms with E-state index in [1.807, 2.05) is 6.08 Å². The van der Waals surface area contributed by atoms with Gasteiger partial charge in [0.25, 0.3) is 0 Å². The van der Waals surface area contributed by atoms with Crippen molar-refractivity contribution in [1.29, 1.82) is 0 Å². The van der Waals surface area contributed by atoms with Crippen LogP contribution in [0, 0.1) is 0 Å². The first-order chi connectivity index (χ1) is 4.34. The van der Waals surface area contributed by atoms with E-state index in [-0.39, 0.29) is 0 Å². The Morgan fingerprint density at radius 1 is 1.78 bits per heavy atom. The maximum atomic E-state index is 3.67. The Kier molecular flexibility index (Phi) is 2.45. The normalized spacial score (nSPS) is 17.1. The molecule has 0 aliphatic heterocycles. The molecular weight excluding hydrogens is 203 g/mol. The molecule has 0 aromatic rings. The van der Waals surface area contributed by atoms with Gasteiger partial charge in [-0.15, -0.1) is 0 Å². The van der Waals surface area contributed by atoms with Crippen LogP contribution in [0.4, 0.5) is 0 Å². The van der Waals surface area contributed by atoms with Gasteiger partial charge >= 0.3 is 66.5 Å². The van der Waals surface area contributed by atoms with Crippen molar-refractivity contribution in [3.8, 4) is 0 Å². The van der Waals surface area contributed by atoms with Crippen molar-refractivity contribution in [3.63, 3.8) is 0 Å². The molecule has 0 saturated heterocycles. The van der Waals surface area contributed by atoms with E-state index in [1.54, 1.807) is 0 Å². The minimum atomic E-state index is 0.993. The van der Waals surface area contributed by atoms with Crippen LogP contribution in [-0.2, 0) is 19.2 Å². The van der Waals surface area contributed by atoms with Crippen LogP contribution in [0.3, 0.4) is 0 Å². The van der Waals surface area contributed by atoms with Gasteiger partial charge in [0.05, 0.1) is 0 Å². The third-order valence-corrected chi connectivity index (χ3v) is 2.11. The summed E-state index contributed by atoms with van der Waals surface area (Å²) in [5.74, 6) is 0. The zero-order chi connectivity index (χ0) is 6.69. The number of hydrogen-bond acceptors (Lipinski definition) is 0. The Morgan fingerprint density at radius 3 is 3.00 bits per heavy atom. The van der Waals surface area contributed by atoms with Gasteiger partial charge in [0.15, 0.2) is 0 Å². The van der Waals surface area contributed by atoms with Gasteiger partial charge in [-0.25, -0.2) is 0 Å². The first-order valence-corrected chi connectivity index (χ1v) is 3.74. The molecule has 1 aliphatic rings. The predicted octanol–water partition coefficient (Wildman–Crippen LogP) is 2.32. The zero-order valence-electron chi connectivity index (χ0n) is 5.17. The first kappa shape index (κ1) is 6.99. The van der Waals surface area contributed by atoms with E-state index in [0.717, 1.165) is 12.8 Å². The van der Waals surface area contributed by atoms with E-state index in [0.29, 0.717) is 0 Å². The summed E-state index contributed by atoms with van der Waals surface area (Å²) < 4.78 is 1.35. The Morgan fingerprint density at radius 2 is 2.56 bits per heavy atom. The average Bonchev–Trinajstić information content (AvgIpc) is 2.18. The van der Waals surface area contributed by atoms with E-state index in [2.05, 4.69) is 37.9 Å². The molecule has 0 spiro atoms. The molecule has 0 N–H and O–H groups in total. The summed E-state index contributed by atoms with van der Waals surface area (Å²) in [4.78, 5) is 0. The molecule has 0 saturated carbocycles. The second kappa shape index (κ2) is 3.15. The average molecular weight is 212 g/mol. The fourth-order valence-electron chi connectivity index (χ4n) is 0.842. The standard InChI is InChI=1S/C8H9.Pd/c1-2-5-8-6-3-4-7-8;/h2-3,6H,1,4-5H2;. The van der Waals surface area contributed by atoms with Crippen molar-refractivity contribution < 1.29 is 19.2 Å². The number of hydrogen-bond donors (Lipinski definition) is 0. The molecule has 9 heavy (non-hydrogen) atoms. The molecule has 0 unspecified atom stereocenters. The van der Waals surface area contributed by atoms with Crippen molar-refractivity contribution in [2.24, 2.45) is 0 Å². The predicted molar refractivity (Wildman–Crippen MR) is 35.6 cm³/mol. The second-order valence-electron chi connectivity index (χ2n) is 1.99. The van der Waals surface area contributed by atoms with Crippen molar-refractivity contribution in [2.75, 3.05) is 0 Å². The SMILES string of the molecule is C=CCC1=[C]([Pd])CC=C1. The molecule has 0 amide bonds. The summed E-state index contributed by atoms with van der Waals surface area (Å²) in [7, 11) is 0. The van der Waals surface area contributed by atoms with Crippen LogP contribution in [0.2, 0.25) is 0 Å². The zero-order valence-corrected chi connectivity index (χ0v) is 6.72. The Bertz CT molecular complexity index is 175. The summed E-state index contributed by atoms with van der Waals surface area (Å²) >= 11 is 3.22. The molecule has 0 nitrogen and oxygen atoms in total.